The lowest BCUT2D eigenvalue weighted by atomic mass is 10.0. The first kappa shape index (κ1) is 20.1. The summed E-state index contributed by atoms with van der Waals surface area (Å²) in [6.45, 7) is 7.84. The maximum Gasteiger partial charge on any atom is 0.253 e. The van der Waals surface area contributed by atoms with Gasteiger partial charge in [-0.15, -0.1) is 0 Å². The van der Waals surface area contributed by atoms with Gasteiger partial charge in [0.1, 0.15) is 0 Å². The van der Waals surface area contributed by atoms with Crippen LogP contribution in [0.15, 0.2) is 83.7 Å². The van der Waals surface area contributed by atoms with Crippen LogP contribution >= 0.6 is 11.3 Å². The van der Waals surface area contributed by atoms with Crippen LogP contribution in [0.1, 0.15) is 27.6 Å². The Morgan fingerprint density at radius 1 is 0.933 bits per heavy atom. The predicted molar refractivity (Wildman–Crippen MR) is 122 cm³/mol. The summed E-state index contributed by atoms with van der Waals surface area (Å²) in [6.07, 6.45) is 0. The molecule has 2 heterocycles. The third-order valence-corrected chi connectivity index (χ3v) is 6.23. The molecule has 0 bridgehead atoms. The van der Waals surface area contributed by atoms with Crippen LogP contribution < -0.4 is 0 Å². The molecule has 4 nitrogen and oxygen atoms in total. The number of nitrogens with zero attached hydrogens (tertiary/aromatic N) is 2. The van der Waals surface area contributed by atoms with Crippen molar-refractivity contribution in [3.63, 3.8) is 0 Å². The second-order valence-corrected chi connectivity index (χ2v) is 8.30. The molecule has 1 aliphatic heterocycles. The van der Waals surface area contributed by atoms with E-state index in [9.17, 15) is 9.59 Å². The zero-order valence-corrected chi connectivity index (χ0v) is 17.8. The second kappa shape index (κ2) is 8.67. The highest BCUT2D eigenvalue weighted by atomic mass is 32.1. The second-order valence-electron chi connectivity index (χ2n) is 7.52. The fraction of sp³-hybridized carbons (Fsp3) is 0.200. The average molecular weight is 417 g/mol. The van der Waals surface area contributed by atoms with Crippen molar-refractivity contribution in [2.24, 2.45) is 0 Å². The van der Waals surface area contributed by atoms with Gasteiger partial charge in [0, 0.05) is 36.8 Å². The van der Waals surface area contributed by atoms with Gasteiger partial charge in [0.2, 0.25) is 5.78 Å². The maximum atomic E-state index is 13.0. The van der Waals surface area contributed by atoms with Crippen molar-refractivity contribution >= 4 is 23.0 Å². The number of carbonyl (C=O) groups excluding carboxylic acids is 2. The number of rotatable bonds is 5. The summed E-state index contributed by atoms with van der Waals surface area (Å²) in [5.74, 6) is -0.0374. The Morgan fingerprint density at radius 3 is 2.30 bits per heavy atom. The fourth-order valence-corrected chi connectivity index (χ4v) is 4.51. The molecule has 0 aliphatic carbocycles. The van der Waals surface area contributed by atoms with Gasteiger partial charge in [0.05, 0.1) is 5.70 Å². The van der Waals surface area contributed by atoms with Crippen LogP contribution in [-0.4, -0.2) is 47.2 Å². The van der Waals surface area contributed by atoms with E-state index in [1.807, 2.05) is 76.7 Å². The zero-order valence-electron chi connectivity index (χ0n) is 17.0. The lowest BCUT2D eigenvalue weighted by Gasteiger charge is -2.41. The quantitative estimate of drug-likeness (QED) is 0.436. The fourth-order valence-electron chi connectivity index (χ4n) is 3.85. The number of allylic oxidation sites excluding steroid dienone is 1. The molecule has 0 radical (unpaired) electrons. The molecule has 5 heteroatoms. The number of amides is 1. The van der Waals surface area contributed by atoms with Gasteiger partial charge >= 0.3 is 0 Å². The molecule has 2 aromatic carbocycles. The van der Waals surface area contributed by atoms with Crippen LogP contribution in [0.3, 0.4) is 0 Å². The van der Waals surface area contributed by atoms with E-state index in [0.717, 1.165) is 11.1 Å². The average Bonchev–Trinajstić information content (AvgIpc) is 3.33. The highest BCUT2D eigenvalue weighted by Crippen LogP contribution is 2.24. The predicted octanol–water partition coefficient (Wildman–Crippen LogP) is 4.96. The number of thiophene rings is 1. The normalized spacial score (nSPS) is 16.4. The largest absolute Gasteiger partial charge is 0.363 e. The van der Waals surface area contributed by atoms with E-state index in [-0.39, 0.29) is 17.7 Å². The molecule has 1 fully saturated rings. The van der Waals surface area contributed by atoms with Crippen molar-refractivity contribution in [3.05, 3.63) is 94.8 Å². The summed E-state index contributed by atoms with van der Waals surface area (Å²) >= 11 is 1.65. The van der Waals surface area contributed by atoms with Crippen molar-refractivity contribution in [2.45, 2.75) is 13.0 Å². The molecule has 30 heavy (non-hydrogen) atoms. The zero-order chi connectivity index (χ0) is 21.1. The minimum Gasteiger partial charge on any atom is -0.363 e. The van der Waals surface area contributed by atoms with Gasteiger partial charge in [-0.3, -0.25) is 9.59 Å². The van der Waals surface area contributed by atoms with E-state index in [1.54, 1.807) is 11.3 Å². The Kier molecular flexibility index (Phi) is 5.81. The minimum absolute atomic E-state index is 0.0212. The van der Waals surface area contributed by atoms with Crippen molar-refractivity contribution in [1.82, 2.24) is 9.80 Å². The Bertz CT molecular complexity index is 1040. The van der Waals surface area contributed by atoms with Crippen molar-refractivity contribution in [1.29, 1.82) is 0 Å². The monoisotopic (exact) mass is 416 g/mol. The van der Waals surface area contributed by atoms with Crippen molar-refractivity contribution in [3.8, 4) is 11.1 Å². The van der Waals surface area contributed by atoms with Gasteiger partial charge in [-0.2, -0.15) is 11.3 Å². The molecule has 0 spiro atoms. The first-order valence-corrected chi connectivity index (χ1v) is 11.0. The number of hydrogen-bond acceptors (Lipinski definition) is 4. The van der Waals surface area contributed by atoms with E-state index >= 15 is 0 Å². The number of benzene rings is 2. The molecule has 1 atom stereocenters. The molecule has 1 aromatic heterocycles. The molecule has 4 rings (SSSR count). The van der Waals surface area contributed by atoms with E-state index in [4.69, 9.17) is 0 Å². The molecule has 1 aliphatic rings. The number of hydrogen-bond donors (Lipinski definition) is 0. The van der Waals surface area contributed by atoms with Gasteiger partial charge in [-0.1, -0.05) is 49.0 Å². The van der Waals surface area contributed by atoms with Gasteiger partial charge in [0.25, 0.3) is 5.91 Å². The van der Waals surface area contributed by atoms with Gasteiger partial charge in [-0.05, 0) is 47.0 Å². The molecular formula is C25H24N2O2S. The Labute approximate surface area is 181 Å². The van der Waals surface area contributed by atoms with Crippen LogP contribution in [0.2, 0.25) is 0 Å². The number of ketones is 1. The summed E-state index contributed by atoms with van der Waals surface area (Å²) < 4.78 is 0. The van der Waals surface area contributed by atoms with Crippen LogP contribution in [-0.2, 0) is 0 Å². The summed E-state index contributed by atoms with van der Waals surface area (Å²) in [4.78, 5) is 29.6. The van der Waals surface area contributed by atoms with E-state index in [2.05, 4.69) is 18.0 Å². The highest BCUT2D eigenvalue weighted by Gasteiger charge is 2.30. The molecule has 1 saturated heterocycles. The molecule has 152 valence electrons. The lowest BCUT2D eigenvalue weighted by Crippen LogP contribution is -2.53. The number of piperazine rings is 1. The third-order valence-electron chi connectivity index (χ3n) is 5.55. The SMILES string of the molecule is C=C(C(=O)c1ccc(-c2ccsc2)cc1)N1CCN(C(=O)c2ccccc2)C[C@H]1C. The van der Waals surface area contributed by atoms with E-state index < -0.39 is 0 Å². The Morgan fingerprint density at radius 2 is 1.67 bits per heavy atom. The molecule has 3 aromatic rings. The molecular weight excluding hydrogens is 392 g/mol. The summed E-state index contributed by atoms with van der Waals surface area (Å²) in [5, 5.41) is 4.13. The first-order chi connectivity index (χ1) is 14.5. The Balaban J connectivity index is 1.41. The van der Waals surface area contributed by atoms with Gasteiger partial charge in [-0.25, -0.2) is 0 Å². The van der Waals surface area contributed by atoms with Crippen LogP contribution in [0.25, 0.3) is 11.1 Å². The van der Waals surface area contributed by atoms with E-state index in [0.29, 0.717) is 36.5 Å². The standard InChI is InChI=1S/C25H24N2O2S/c1-18-16-26(25(29)22-6-4-3-5-7-22)13-14-27(18)19(2)24(28)21-10-8-20(9-11-21)23-12-15-30-17-23/h3-12,15,17-18H,2,13-14,16H2,1H3/t18-/m1/s1. The van der Waals surface area contributed by atoms with E-state index in [1.165, 1.54) is 0 Å². The van der Waals surface area contributed by atoms with Crippen LogP contribution in [0.4, 0.5) is 0 Å². The van der Waals surface area contributed by atoms with Crippen LogP contribution in [0, 0.1) is 0 Å². The number of Topliss-reactive ketones (excluding diaryl/α,β-unsaturated/α-hetero) is 1. The smallest absolute Gasteiger partial charge is 0.253 e. The highest BCUT2D eigenvalue weighted by molar-refractivity contribution is 7.08. The van der Waals surface area contributed by atoms with Gasteiger partial charge < -0.3 is 9.80 Å². The first-order valence-electron chi connectivity index (χ1n) is 10.0. The molecule has 1 amide bonds. The summed E-state index contributed by atoms with van der Waals surface area (Å²) in [5.41, 5.74) is 4.07. The minimum atomic E-state index is -0.0680. The molecule has 0 N–H and O–H groups in total. The molecule has 0 saturated carbocycles. The van der Waals surface area contributed by atoms with Crippen molar-refractivity contribution in [2.75, 3.05) is 19.6 Å². The molecule has 0 unspecified atom stereocenters. The summed E-state index contributed by atoms with van der Waals surface area (Å²) in [7, 11) is 0. The Hall–Kier alpha value is -3.18. The van der Waals surface area contributed by atoms with Crippen molar-refractivity contribution < 1.29 is 9.59 Å². The third kappa shape index (κ3) is 4.07. The number of carbonyl (C=O) groups is 2. The van der Waals surface area contributed by atoms with Crippen LogP contribution in [0.5, 0.6) is 0 Å². The lowest BCUT2D eigenvalue weighted by molar-refractivity contribution is 0.0573. The summed E-state index contributed by atoms with van der Waals surface area (Å²) in [6, 6.07) is 19.1. The maximum absolute atomic E-state index is 13.0. The topological polar surface area (TPSA) is 40.6 Å². The van der Waals surface area contributed by atoms with Gasteiger partial charge in [0.15, 0.2) is 0 Å².